The molecular formula is C11H22BrNO. The number of hydrogen-bond acceptors (Lipinski definition) is 2. The van der Waals surface area contributed by atoms with Crippen LogP contribution in [0.2, 0.25) is 0 Å². The van der Waals surface area contributed by atoms with Crippen molar-refractivity contribution in [2.24, 2.45) is 0 Å². The highest BCUT2D eigenvalue weighted by molar-refractivity contribution is 9.09. The van der Waals surface area contributed by atoms with E-state index >= 15 is 0 Å². The Morgan fingerprint density at radius 1 is 1.29 bits per heavy atom. The van der Waals surface area contributed by atoms with Crippen molar-refractivity contribution in [2.45, 2.75) is 51.2 Å². The van der Waals surface area contributed by atoms with Crippen LogP contribution in [0, 0.1) is 0 Å². The Balaban J connectivity index is 1.84. The number of unbranched alkanes of at least 4 members (excludes halogenated alkanes) is 2. The lowest BCUT2D eigenvalue weighted by molar-refractivity contribution is 0.0561. The molecule has 1 aliphatic rings. The summed E-state index contributed by atoms with van der Waals surface area (Å²) in [6, 6.07) is 0. The molecule has 0 aliphatic carbocycles. The van der Waals surface area contributed by atoms with Crippen LogP contribution in [0.5, 0.6) is 0 Å². The molecule has 84 valence electrons. The number of rotatable bonds is 7. The van der Waals surface area contributed by atoms with E-state index in [2.05, 4.69) is 28.2 Å². The highest BCUT2D eigenvalue weighted by atomic mass is 79.9. The van der Waals surface area contributed by atoms with Gasteiger partial charge in [-0.15, -0.1) is 0 Å². The molecule has 1 N–H and O–H groups in total. The molecule has 0 spiro atoms. The Morgan fingerprint density at radius 2 is 2.14 bits per heavy atom. The van der Waals surface area contributed by atoms with Gasteiger partial charge in [0.2, 0.25) is 0 Å². The minimum Gasteiger partial charge on any atom is -0.374 e. The van der Waals surface area contributed by atoms with E-state index in [9.17, 15) is 0 Å². The first kappa shape index (κ1) is 12.5. The van der Waals surface area contributed by atoms with Crippen LogP contribution in [0.25, 0.3) is 0 Å². The molecule has 0 amide bonds. The maximum Gasteiger partial charge on any atom is 0.0704 e. The van der Waals surface area contributed by atoms with Gasteiger partial charge >= 0.3 is 0 Å². The molecule has 2 atom stereocenters. The summed E-state index contributed by atoms with van der Waals surface area (Å²) in [4.78, 5) is 0. The van der Waals surface area contributed by atoms with E-state index in [4.69, 9.17) is 4.74 Å². The van der Waals surface area contributed by atoms with Crippen molar-refractivity contribution in [3.8, 4) is 0 Å². The van der Waals surface area contributed by atoms with Crippen LogP contribution in [0.15, 0.2) is 0 Å². The van der Waals surface area contributed by atoms with Crippen LogP contribution >= 0.6 is 15.9 Å². The van der Waals surface area contributed by atoms with Gasteiger partial charge in [-0.25, -0.2) is 0 Å². The fourth-order valence-corrected chi connectivity index (χ4v) is 2.22. The molecule has 2 unspecified atom stereocenters. The van der Waals surface area contributed by atoms with Gasteiger partial charge in [0.05, 0.1) is 12.2 Å². The lowest BCUT2D eigenvalue weighted by Crippen LogP contribution is -2.27. The molecule has 1 saturated heterocycles. The summed E-state index contributed by atoms with van der Waals surface area (Å²) in [6.07, 6.45) is 7.31. The molecule has 0 aromatic rings. The minimum atomic E-state index is 0.473. The average molecular weight is 264 g/mol. The topological polar surface area (TPSA) is 21.3 Å². The van der Waals surface area contributed by atoms with Gasteiger partial charge in [0.1, 0.15) is 0 Å². The maximum atomic E-state index is 5.72. The van der Waals surface area contributed by atoms with Gasteiger partial charge in [-0.3, -0.25) is 0 Å². The quantitative estimate of drug-likeness (QED) is 0.564. The lowest BCUT2D eigenvalue weighted by Gasteiger charge is -2.11. The van der Waals surface area contributed by atoms with Gasteiger partial charge in [-0.2, -0.15) is 0 Å². The zero-order chi connectivity index (χ0) is 10.2. The monoisotopic (exact) mass is 263 g/mol. The van der Waals surface area contributed by atoms with Gasteiger partial charge in [-0.05, 0) is 39.2 Å². The highest BCUT2D eigenvalue weighted by Crippen LogP contribution is 2.17. The van der Waals surface area contributed by atoms with Crippen molar-refractivity contribution < 1.29 is 4.74 Å². The van der Waals surface area contributed by atoms with Gasteiger partial charge in [0.25, 0.3) is 0 Å². The first-order valence-corrected chi connectivity index (χ1v) is 6.87. The average Bonchev–Trinajstić information content (AvgIpc) is 2.58. The van der Waals surface area contributed by atoms with Gasteiger partial charge < -0.3 is 10.1 Å². The molecule has 14 heavy (non-hydrogen) atoms. The van der Waals surface area contributed by atoms with E-state index in [0.29, 0.717) is 12.2 Å². The van der Waals surface area contributed by atoms with E-state index in [1.807, 2.05) is 0 Å². The summed E-state index contributed by atoms with van der Waals surface area (Å²) in [5, 5.41) is 4.60. The largest absolute Gasteiger partial charge is 0.374 e. The number of halogens is 1. The van der Waals surface area contributed by atoms with E-state index in [1.54, 1.807) is 0 Å². The predicted molar refractivity (Wildman–Crippen MR) is 64.1 cm³/mol. The van der Waals surface area contributed by atoms with Gasteiger partial charge in [0.15, 0.2) is 0 Å². The van der Waals surface area contributed by atoms with Gasteiger partial charge in [0, 0.05) is 11.9 Å². The Kier molecular flexibility index (Phi) is 6.82. The van der Waals surface area contributed by atoms with Crippen molar-refractivity contribution in [3.63, 3.8) is 0 Å². The second kappa shape index (κ2) is 7.66. The summed E-state index contributed by atoms with van der Waals surface area (Å²) < 4.78 is 5.72. The van der Waals surface area contributed by atoms with E-state index in [1.165, 1.54) is 32.1 Å². The Hall–Kier alpha value is 0.400. The fourth-order valence-electron chi connectivity index (χ4n) is 1.82. The molecule has 0 aromatic carbocycles. The second-order valence-corrected chi connectivity index (χ2v) is 4.89. The molecule has 0 saturated carbocycles. The molecule has 0 aromatic heterocycles. The molecule has 1 rings (SSSR count). The van der Waals surface area contributed by atoms with Crippen molar-refractivity contribution >= 4 is 15.9 Å². The number of nitrogens with one attached hydrogen (secondary N) is 1. The zero-order valence-electron chi connectivity index (χ0n) is 9.10. The molecule has 0 bridgehead atoms. The van der Waals surface area contributed by atoms with Crippen LogP contribution in [-0.4, -0.2) is 30.6 Å². The summed E-state index contributed by atoms with van der Waals surface area (Å²) in [6.45, 7) is 4.34. The molecule has 1 heterocycles. The summed E-state index contributed by atoms with van der Waals surface area (Å²) in [5.74, 6) is 0. The van der Waals surface area contributed by atoms with Crippen molar-refractivity contribution in [3.05, 3.63) is 0 Å². The molecule has 1 aliphatic heterocycles. The molecular weight excluding hydrogens is 242 g/mol. The van der Waals surface area contributed by atoms with Crippen LogP contribution in [0.4, 0.5) is 0 Å². The van der Waals surface area contributed by atoms with Crippen molar-refractivity contribution in [1.29, 1.82) is 0 Å². The maximum absolute atomic E-state index is 5.72. The smallest absolute Gasteiger partial charge is 0.0704 e. The lowest BCUT2D eigenvalue weighted by atomic mass is 10.2. The first-order chi connectivity index (χ1) is 6.83. The molecule has 0 radical (unpaired) electrons. The first-order valence-electron chi connectivity index (χ1n) is 5.75. The fraction of sp³-hybridized carbons (Fsp3) is 1.00. The third-order valence-corrected chi connectivity index (χ3v) is 3.24. The number of ether oxygens (including phenoxy) is 1. The summed E-state index contributed by atoms with van der Waals surface area (Å²) in [7, 11) is 0. The molecule has 1 fully saturated rings. The highest BCUT2D eigenvalue weighted by Gasteiger charge is 2.20. The Bertz CT molecular complexity index is 143. The summed E-state index contributed by atoms with van der Waals surface area (Å²) in [5.41, 5.74) is 0. The standard InChI is InChI=1S/C11H22BrNO/c1-10-5-6-11(14-10)9-13-8-4-2-3-7-12/h10-11,13H,2-9H2,1H3. The van der Waals surface area contributed by atoms with Crippen LogP contribution in [-0.2, 0) is 4.74 Å². The Labute approximate surface area is 95.9 Å². The van der Waals surface area contributed by atoms with E-state index < -0.39 is 0 Å². The second-order valence-electron chi connectivity index (χ2n) is 4.10. The van der Waals surface area contributed by atoms with Crippen molar-refractivity contribution in [2.75, 3.05) is 18.4 Å². The molecule has 3 heteroatoms. The van der Waals surface area contributed by atoms with Crippen LogP contribution in [0.1, 0.15) is 39.0 Å². The van der Waals surface area contributed by atoms with E-state index in [-0.39, 0.29) is 0 Å². The normalized spacial score (nSPS) is 27.0. The van der Waals surface area contributed by atoms with Gasteiger partial charge in [-0.1, -0.05) is 22.4 Å². The van der Waals surface area contributed by atoms with Crippen LogP contribution < -0.4 is 5.32 Å². The number of hydrogen-bond donors (Lipinski definition) is 1. The molecule has 2 nitrogen and oxygen atoms in total. The third kappa shape index (κ3) is 5.32. The Morgan fingerprint density at radius 3 is 2.79 bits per heavy atom. The van der Waals surface area contributed by atoms with Crippen molar-refractivity contribution in [1.82, 2.24) is 5.32 Å². The van der Waals surface area contributed by atoms with Crippen LogP contribution in [0.3, 0.4) is 0 Å². The third-order valence-electron chi connectivity index (χ3n) is 2.68. The summed E-state index contributed by atoms with van der Waals surface area (Å²) >= 11 is 3.44. The zero-order valence-corrected chi connectivity index (χ0v) is 10.7. The number of alkyl halides is 1. The minimum absolute atomic E-state index is 0.473. The predicted octanol–water partition coefficient (Wildman–Crippen LogP) is 2.71. The SMILES string of the molecule is CC1CCC(CNCCCCCBr)O1. The van der Waals surface area contributed by atoms with E-state index in [0.717, 1.165) is 18.4 Å².